The predicted molar refractivity (Wildman–Crippen MR) is 86.1 cm³/mol. The van der Waals surface area contributed by atoms with E-state index in [1.165, 1.54) is 19.3 Å². The number of rotatable bonds is 15. The third-order valence-corrected chi connectivity index (χ3v) is 3.75. The van der Waals surface area contributed by atoms with E-state index in [1.807, 2.05) is 13.8 Å². The molecule has 0 saturated carbocycles. The zero-order valence-corrected chi connectivity index (χ0v) is 13.9. The number of hydrogen-bond acceptors (Lipinski definition) is 4. The molecule has 0 aromatic heterocycles. The largest absolute Gasteiger partial charge is 0.380 e. The molecule has 0 radical (unpaired) electrons. The summed E-state index contributed by atoms with van der Waals surface area (Å²) >= 11 is 0. The van der Waals surface area contributed by atoms with Crippen LogP contribution in [0.2, 0.25) is 0 Å². The fourth-order valence-corrected chi connectivity index (χ4v) is 2.40. The van der Waals surface area contributed by atoms with Crippen LogP contribution in [0.5, 0.6) is 0 Å². The van der Waals surface area contributed by atoms with Crippen LogP contribution in [0.4, 0.5) is 0 Å². The first kappa shape index (κ1) is 19.8. The molecule has 0 fully saturated rings. The smallest absolute Gasteiger partial charge is 0.0593 e. The molecule has 0 aromatic carbocycles. The standard InChI is InChI=1S/C16H36N2O2/c1-4-16(9-10-17)8-7-11-18(12-14-19-5-2)13-15-20-6-3/h16H,4-15,17H2,1-3H3. The van der Waals surface area contributed by atoms with Crippen LogP contribution in [0.25, 0.3) is 0 Å². The van der Waals surface area contributed by atoms with Crippen molar-refractivity contribution in [3.8, 4) is 0 Å². The van der Waals surface area contributed by atoms with E-state index in [0.29, 0.717) is 0 Å². The SMILES string of the molecule is CCOCCN(CCCC(CC)CCN)CCOCC. The minimum absolute atomic E-state index is 0.792. The Bertz CT molecular complexity index is 181. The van der Waals surface area contributed by atoms with Crippen molar-refractivity contribution in [1.29, 1.82) is 0 Å². The second kappa shape index (κ2) is 15.2. The van der Waals surface area contributed by atoms with E-state index in [1.54, 1.807) is 0 Å². The van der Waals surface area contributed by atoms with E-state index in [2.05, 4.69) is 11.8 Å². The van der Waals surface area contributed by atoms with Gasteiger partial charge in [0.1, 0.15) is 0 Å². The first-order valence-corrected chi connectivity index (χ1v) is 8.36. The van der Waals surface area contributed by atoms with Gasteiger partial charge >= 0.3 is 0 Å². The Morgan fingerprint density at radius 1 is 0.900 bits per heavy atom. The summed E-state index contributed by atoms with van der Waals surface area (Å²) in [5.41, 5.74) is 5.66. The maximum atomic E-state index is 5.66. The Morgan fingerprint density at radius 2 is 1.50 bits per heavy atom. The molecule has 1 atom stereocenters. The summed E-state index contributed by atoms with van der Waals surface area (Å²) in [6.07, 6.45) is 4.94. The monoisotopic (exact) mass is 288 g/mol. The van der Waals surface area contributed by atoms with Gasteiger partial charge in [0.05, 0.1) is 13.2 Å². The zero-order valence-electron chi connectivity index (χ0n) is 13.9. The molecular formula is C16H36N2O2. The number of nitrogens with two attached hydrogens (primary N) is 1. The molecule has 0 aliphatic heterocycles. The van der Waals surface area contributed by atoms with Crippen LogP contribution in [-0.4, -0.2) is 57.5 Å². The molecule has 0 heterocycles. The molecule has 0 rings (SSSR count). The van der Waals surface area contributed by atoms with Crippen molar-refractivity contribution >= 4 is 0 Å². The molecular weight excluding hydrogens is 252 g/mol. The lowest BCUT2D eigenvalue weighted by molar-refractivity contribution is 0.0814. The number of hydrogen-bond donors (Lipinski definition) is 1. The molecule has 122 valence electrons. The Hall–Kier alpha value is -0.160. The second-order valence-corrected chi connectivity index (χ2v) is 5.23. The highest BCUT2D eigenvalue weighted by molar-refractivity contribution is 4.62. The van der Waals surface area contributed by atoms with Crippen LogP contribution in [0.1, 0.15) is 46.5 Å². The summed E-state index contributed by atoms with van der Waals surface area (Å²) in [7, 11) is 0. The quantitative estimate of drug-likeness (QED) is 0.470. The van der Waals surface area contributed by atoms with Crippen LogP contribution >= 0.6 is 0 Å². The van der Waals surface area contributed by atoms with Crippen LogP contribution in [0.3, 0.4) is 0 Å². The van der Waals surface area contributed by atoms with E-state index in [-0.39, 0.29) is 0 Å². The van der Waals surface area contributed by atoms with Gasteiger partial charge < -0.3 is 15.2 Å². The van der Waals surface area contributed by atoms with Crippen molar-refractivity contribution in [1.82, 2.24) is 4.90 Å². The van der Waals surface area contributed by atoms with E-state index in [0.717, 1.165) is 64.9 Å². The topological polar surface area (TPSA) is 47.7 Å². The van der Waals surface area contributed by atoms with Gasteiger partial charge in [0.2, 0.25) is 0 Å². The van der Waals surface area contributed by atoms with Gasteiger partial charge in [-0.05, 0) is 52.1 Å². The lowest BCUT2D eigenvalue weighted by Crippen LogP contribution is -2.32. The first-order valence-electron chi connectivity index (χ1n) is 8.36. The molecule has 4 nitrogen and oxygen atoms in total. The molecule has 20 heavy (non-hydrogen) atoms. The average Bonchev–Trinajstić information content (AvgIpc) is 2.46. The lowest BCUT2D eigenvalue weighted by atomic mass is 9.96. The van der Waals surface area contributed by atoms with Gasteiger partial charge in [0.25, 0.3) is 0 Å². The van der Waals surface area contributed by atoms with Gasteiger partial charge in [-0.25, -0.2) is 0 Å². The van der Waals surface area contributed by atoms with Gasteiger partial charge in [0, 0.05) is 26.3 Å². The van der Waals surface area contributed by atoms with Crippen molar-refractivity contribution in [2.45, 2.75) is 46.5 Å². The molecule has 4 heteroatoms. The summed E-state index contributed by atoms with van der Waals surface area (Å²) in [6, 6.07) is 0. The van der Waals surface area contributed by atoms with Crippen molar-refractivity contribution in [2.24, 2.45) is 11.7 Å². The predicted octanol–water partition coefficient (Wildman–Crippen LogP) is 2.52. The highest BCUT2D eigenvalue weighted by atomic mass is 16.5. The zero-order chi connectivity index (χ0) is 15.1. The molecule has 0 aromatic rings. The Labute approximate surface area is 126 Å². The van der Waals surface area contributed by atoms with E-state index < -0.39 is 0 Å². The maximum Gasteiger partial charge on any atom is 0.0593 e. The van der Waals surface area contributed by atoms with Crippen molar-refractivity contribution in [3.05, 3.63) is 0 Å². The minimum atomic E-state index is 0.792. The van der Waals surface area contributed by atoms with Crippen molar-refractivity contribution in [2.75, 3.05) is 52.6 Å². The van der Waals surface area contributed by atoms with Crippen LogP contribution in [-0.2, 0) is 9.47 Å². The molecule has 2 N–H and O–H groups in total. The summed E-state index contributed by atoms with van der Waals surface area (Å²) in [4.78, 5) is 2.46. The summed E-state index contributed by atoms with van der Waals surface area (Å²) in [5.74, 6) is 0.792. The number of ether oxygens (including phenoxy) is 2. The van der Waals surface area contributed by atoms with Crippen LogP contribution in [0.15, 0.2) is 0 Å². The summed E-state index contributed by atoms with van der Waals surface area (Å²) in [5, 5.41) is 0. The van der Waals surface area contributed by atoms with Gasteiger partial charge in [-0.1, -0.05) is 13.3 Å². The maximum absolute atomic E-state index is 5.66. The first-order chi connectivity index (χ1) is 9.78. The second-order valence-electron chi connectivity index (χ2n) is 5.23. The van der Waals surface area contributed by atoms with Gasteiger partial charge in [-0.3, -0.25) is 4.90 Å². The third-order valence-electron chi connectivity index (χ3n) is 3.75. The minimum Gasteiger partial charge on any atom is -0.380 e. The normalized spacial score (nSPS) is 13.1. The van der Waals surface area contributed by atoms with Crippen molar-refractivity contribution < 1.29 is 9.47 Å². The molecule has 0 amide bonds. The Morgan fingerprint density at radius 3 is 1.95 bits per heavy atom. The van der Waals surface area contributed by atoms with E-state index in [9.17, 15) is 0 Å². The fourth-order valence-electron chi connectivity index (χ4n) is 2.40. The third kappa shape index (κ3) is 11.6. The molecule has 1 unspecified atom stereocenters. The Balaban J connectivity index is 3.86. The van der Waals surface area contributed by atoms with Gasteiger partial charge in [-0.2, -0.15) is 0 Å². The highest BCUT2D eigenvalue weighted by Crippen LogP contribution is 2.14. The summed E-state index contributed by atoms with van der Waals surface area (Å²) < 4.78 is 10.9. The lowest BCUT2D eigenvalue weighted by Gasteiger charge is -2.23. The highest BCUT2D eigenvalue weighted by Gasteiger charge is 2.08. The number of nitrogens with zero attached hydrogens (tertiary/aromatic N) is 1. The van der Waals surface area contributed by atoms with Crippen LogP contribution < -0.4 is 5.73 Å². The molecule has 0 bridgehead atoms. The van der Waals surface area contributed by atoms with Crippen molar-refractivity contribution in [3.63, 3.8) is 0 Å². The molecule has 0 saturated heterocycles. The average molecular weight is 288 g/mol. The van der Waals surface area contributed by atoms with Gasteiger partial charge in [0.15, 0.2) is 0 Å². The summed E-state index contributed by atoms with van der Waals surface area (Å²) in [6.45, 7) is 13.6. The fraction of sp³-hybridized carbons (Fsp3) is 1.00. The van der Waals surface area contributed by atoms with Crippen LogP contribution in [0, 0.1) is 5.92 Å². The van der Waals surface area contributed by atoms with Gasteiger partial charge in [-0.15, -0.1) is 0 Å². The van der Waals surface area contributed by atoms with E-state index in [4.69, 9.17) is 15.2 Å². The Kier molecular flexibility index (Phi) is 15.1. The molecule has 0 aliphatic rings. The molecule has 0 aliphatic carbocycles. The molecule has 0 spiro atoms. The van der Waals surface area contributed by atoms with E-state index >= 15 is 0 Å².